The number of carbonyl (C=O) groups is 1. The lowest BCUT2D eigenvalue weighted by molar-refractivity contribution is -0.242. The summed E-state index contributed by atoms with van der Waals surface area (Å²) in [6, 6.07) is 8.17. The molecule has 0 spiro atoms. The number of esters is 1. The average molecular weight is 531 g/mol. The molecule has 5 N–H and O–H groups in total. The number of hydrogen-bond acceptors (Lipinski definition) is 11. The van der Waals surface area contributed by atoms with Crippen LogP contribution < -0.4 is 10.2 Å². The SMILES string of the molecule is CC[C@H](C)C(=O)O[C@@H]1[C@@H](O)[C@H](c2c(OC)cc(O)c3c(=O)cc(-c4ccc(O)cc4)oc23)O[C@H](CO)[C@H]1O. The highest BCUT2D eigenvalue weighted by Gasteiger charge is 2.49. The van der Waals surface area contributed by atoms with E-state index in [0.717, 1.165) is 6.07 Å². The number of rotatable bonds is 7. The zero-order valence-electron chi connectivity index (χ0n) is 21.0. The molecule has 0 unspecified atom stereocenters. The number of phenolic OH excluding ortho intramolecular Hbond substituents is 2. The topological polar surface area (TPSA) is 176 Å². The first kappa shape index (κ1) is 27.4. The van der Waals surface area contributed by atoms with Crippen molar-refractivity contribution < 1.29 is 49.0 Å². The van der Waals surface area contributed by atoms with Crippen LogP contribution in [0.25, 0.3) is 22.3 Å². The van der Waals surface area contributed by atoms with Crippen LogP contribution in [0.1, 0.15) is 31.9 Å². The maximum absolute atomic E-state index is 13.1. The van der Waals surface area contributed by atoms with Crippen molar-refractivity contribution in [2.24, 2.45) is 5.92 Å². The number of aromatic hydroxyl groups is 2. The van der Waals surface area contributed by atoms with Crippen molar-refractivity contribution >= 4 is 16.9 Å². The molecule has 38 heavy (non-hydrogen) atoms. The molecule has 1 fully saturated rings. The Labute approximate surface area is 217 Å². The van der Waals surface area contributed by atoms with E-state index in [0.29, 0.717) is 12.0 Å². The number of aliphatic hydroxyl groups excluding tert-OH is 3. The molecule has 4 rings (SSSR count). The number of carbonyl (C=O) groups excluding carboxylic acids is 1. The largest absolute Gasteiger partial charge is 0.508 e. The van der Waals surface area contributed by atoms with Gasteiger partial charge in [0, 0.05) is 17.7 Å². The first-order chi connectivity index (χ1) is 18.1. The normalized spacial score (nSPS) is 24.2. The minimum absolute atomic E-state index is 0.000433. The molecule has 0 amide bonds. The molecule has 6 atom stereocenters. The highest BCUT2D eigenvalue weighted by molar-refractivity contribution is 5.89. The van der Waals surface area contributed by atoms with E-state index in [1.54, 1.807) is 13.8 Å². The zero-order valence-corrected chi connectivity index (χ0v) is 21.0. The monoisotopic (exact) mass is 530 g/mol. The van der Waals surface area contributed by atoms with E-state index in [9.17, 15) is 35.1 Å². The van der Waals surface area contributed by atoms with E-state index >= 15 is 0 Å². The van der Waals surface area contributed by atoms with Gasteiger partial charge < -0.3 is 44.2 Å². The van der Waals surface area contributed by atoms with Crippen LogP contribution in [-0.2, 0) is 14.3 Å². The quantitative estimate of drug-likeness (QED) is 0.282. The molecule has 11 nitrogen and oxygen atoms in total. The summed E-state index contributed by atoms with van der Waals surface area (Å²) in [7, 11) is 1.29. The molecule has 0 saturated carbocycles. The van der Waals surface area contributed by atoms with Crippen molar-refractivity contribution in [1.82, 2.24) is 0 Å². The van der Waals surface area contributed by atoms with Gasteiger partial charge >= 0.3 is 5.97 Å². The van der Waals surface area contributed by atoms with E-state index in [-0.39, 0.29) is 33.8 Å². The van der Waals surface area contributed by atoms with Gasteiger partial charge in [-0.15, -0.1) is 0 Å². The number of hydrogen-bond donors (Lipinski definition) is 5. The van der Waals surface area contributed by atoms with Crippen molar-refractivity contribution in [2.75, 3.05) is 13.7 Å². The zero-order chi connectivity index (χ0) is 27.7. The molecule has 1 aliphatic heterocycles. The molecule has 0 aliphatic carbocycles. The van der Waals surface area contributed by atoms with Crippen molar-refractivity contribution in [3.05, 3.63) is 52.2 Å². The summed E-state index contributed by atoms with van der Waals surface area (Å²) < 4.78 is 22.8. The second-order valence-electron chi connectivity index (χ2n) is 9.21. The van der Waals surface area contributed by atoms with Gasteiger partial charge in [0.2, 0.25) is 0 Å². The standard InChI is InChI=1S/C27H30O11/c1-4-12(2)27(34)38-26-22(32)19(11-28)37-25(23(26)33)21-18(35-3)10-16(31)20-15(30)9-17(36-24(20)21)13-5-7-14(29)8-6-13/h5-10,12,19,22-23,25-26,28-29,31-33H,4,11H2,1-3H3/t12-,19+,22+,23-,25-,26-/m0/s1. The Morgan fingerprint density at radius 2 is 1.79 bits per heavy atom. The number of fused-ring (bicyclic) bond motifs is 1. The highest BCUT2D eigenvalue weighted by Crippen LogP contribution is 2.44. The Kier molecular flexibility index (Phi) is 7.93. The first-order valence-electron chi connectivity index (χ1n) is 12.1. The summed E-state index contributed by atoms with van der Waals surface area (Å²) in [5, 5.41) is 51.9. The van der Waals surface area contributed by atoms with Crippen molar-refractivity contribution in [3.8, 4) is 28.6 Å². The number of aliphatic hydroxyl groups is 3. The Bertz CT molecular complexity index is 1360. The molecule has 1 aromatic heterocycles. The lowest BCUT2D eigenvalue weighted by atomic mass is 9.89. The van der Waals surface area contributed by atoms with Crippen molar-refractivity contribution in [3.63, 3.8) is 0 Å². The van der Waals surface area contributed by atoms with Crippen LogP contribution in [0.15, 0.2) is 45.6 Å². The summed E-state index contributed by atoms with van der Waals surface area (Å²) >= 11 is 0. The second kappa shape index (κ2) is 11.0. The van der Waals surface area contributed by atoms with Gasteiger partial charge in [-0.1, -0.05) is 13.8 Å². The van der Waals surface area contributed by atoms with Crippen LogP contribution >= 0.6 is 0 Å². The predicted molar refractivity (Wildman–Crippen MR) is 134 cm³/mol. The van der Waals surface area contributed by atoms with E-state index in [2.05, 4.69) is 0 Å². The van der Waals surface area contributed by atoms with Gasteiger partial charge in [-0.2, -0.15) is 0 Å². The van der Waals surface area contributed by atoms with Crippen LogP contribution in [0, 0.1) is 5.92 Å². The van der Waals surface area contributed by atoms with Crippen molar-refractivity contribution in [2.45, 2.75) is 50.8 Å². The summed E-state index contributed by atoms with van der Waals surface area (Å²) in [5.41, 5.74) is -0.356. The Morgan fingerprint density at radius 3 is 2.39 bits per heavy atom. The fourth-order valence-corrected chi connectivity index (χ4v) is 4.40. The van der Waals surface area contributed by atoms with Crippen LogP contribution in [-0.4, -0.2) is 69.6 Å². The molecule has 2 aromatic carbocycles. The lowest BCUT2D eigenvalue weighted by Crippen LogP contribution is -2.57. The first-order valence-corrected chi connectivity index (χ1v) is 12.1. The average Bonchev–Trinajstić information content (AvgIpc) is 2.90. The van der Waals surface area contributed by atoms with Gasteiger partial charge in [0.1, 0.15) is 52.8 Å². The maximum atomic E-state index is 13.1. The molecule has 1 saturated heterocycles. The smallest absolute Gasteiger partial charge is 0.309 e. The van der Waals surface area contributed by atoms with Gasteiger partial charge in [-0.3, -0.25) is 9.59 Å². The Balaban J connectivity index is 1.92. The fraction of sp³-hybridized carbons (Fsp3) is 0.407. The van der Waals surface area contributed by atoms with E-state index in [1.807, 2.05) is 0 Å². The minimum atomic E-state index is -1.68. The number of phenols is 2. The van der Waals surface area contributed by atoms with Gasteiger partial charge in [0.25, 0.3) is 0 Å². The fourth-order valence-electron chi connectivity index (χ4n) is 4.40. The number of ether oxygens (including phenoxy) is 3. The Morgan fingerprint density at radius 1 is 1.11 bits per heavy atom. The van der Waals surface area contributed by atoms with Gasteiger partial charge in [0.05, 0.1) is 25.2 Å². The van der Waals surface area contributed by atoms with Crippen LogP contribution in [0.4, 0.5) is 0 Å². The summed E-state index contributed by atoms with van der Waals surface area (Å²) in [6.45, 7) is 2.74. The van der Waals surface area contributed by atoms with Gasteiger partial charge in [0.15, 0.2) is 17.1 Å². The molecule has 0 radical (unpaired) electrons. The third-order valence-corrected chi connectivity index (χ3v) is 6.77. The van der Waals surface area contributed by atoms with Gasteiger partial charge in [-0.05, 0) is 30.7 Å². The van der Waals surface area contributed by atoms with E-state index < -0.39 is 60.2 Å². The second-order valence-corrected chi connectivity index (χ2v) is 9.21. The van der Waals surface area contributed by atoms with Crippen molar-refractivity contribution in [1.29, 1.82) is 0 Å². The minimum Gasteiger partial charge on any atom is -0.508 e. The molecule has 11 heteroatoms. The van der Waals surface area contributed by atoms with Crippen LogP contribution in [0.3, 0.4) is 0 Å². The highest BCUT2D eigenvalue weighted by atomic mass is 16.6. The number of benzene rings is 2. The van der Waals surface area contributed by atoms with Gasteiger partial charge in [-0.25, -0.2) is 0 Å². The van der Waals surface area contributed by atoms with E-state index in [4.69, 9.17) is 18.6 Å². The molecule has 1 aliphatic rings. The molecule has 2 heterocycles. The van der Waals surface area contributed by atoms with E-state index in [1.165, 1.54) is 37.4 Å². The third kappa shape index (κ3) is 4.93. The lowest BCUT2D eigenvalue weighted by Gasteiger charge is -2.42. The molecule has 0 bridgehead atoms. The van der Waals surface area contributed by atoms with Crippen LogP contribution in [0.5, 0.6) is 17.2 Å². The molecule has 3 aromatic rings. The third-order valence-electron chi connectivity index (χ3n) is 6.77. The summed E-state index contributed by atoms with van der Waals surface area (Å²) in [6.07, 6.45) is -6.96. The summed E-state index contributed by atoms with van der Waals surface area (Å²) in [4.78, 5) is 25.6. The maximum Gasteiger partial charge on any atom is 0.309 e. The summed E-state index contributed by atoms with van der Waals surface area (Å²) in [5.74, 6) is -1.56. The number of methoxy groups -OCH3 is 1. The van der Waals surface area contributed by atoms with Crippen LogP contribution in [0.2, 0.25) is 0 Å². The molecule has 204 valence electrons. The molecular weight excluding hydrogens is 500 g/mol. The predicted octanol–water partition coefficient (Wildman–Crippen LogP) is 1.99. The molecular formula is C27H30O11. The Hall–Kier alpha value is -3.64.